The van der Waals surface area contributed by atoms with Crippen LogP contribution in [-0.4, -0.2) is 49.1 Å². The summed E-state index contributed by atoms with van der Waals surface area (Å²) >= 11 is 0. The Bertz CT molecular complexity index is 1270. The third kappa shape index (κ3) is 4.23. The highest BCUT2D eigenvalue weighted by molar-refractivity contribution is 8.76. The lowest BCUT2D eigenvalue weighted by Crippen LogP contribution is -2.04. The minimum absolute atomic E-state index is 0.713. The van der Waals surface area contributed by atoms with Crippen LogP contribution < -0.4 is 0 Å². The van der Waals surface area contributed by atoms with E-state index in [1.54, 1.807) is 65.1 Å². The van der Waals surface area contributed by atoms with Crippen LogP contribution in [0.5, 0.6) is 0 Å². The van der Waals surface area contributed by atoms with Crippen molar-refractivity contribution in [3.8, 4) is 23.3 Å². The van der Waals surface area contributed by atoms with Crippen molar-refractivity contribution in [2.45, 2.75) is 9.79 Å². The molecule has 6 aromatic rings. The number of nitrogens with zero attached hydrogens (tertiary/aromatic N) is 10. The first-order chi connectivity index (χ1) is 16.8. The molecule has 0 fully saturated rings. The maximum absolute atomic E-state index is 4.71. The molecule has 6 rings (SSSR count). The zero-order valence-electron chi connectivity index (χ0n) is 17.5. The predicted molar refractivity (Wildman–Crippen MR) is 129 cm³/mol. The molecular formula is C22H16N10S2. The van der Waals surface area contributed by atoms with E-state index in [1.165, 1.54) is 0 Å². The Morgan fingerprint density at radius 3 is 0.971 bits per heavy atom. The molecule has 0 bridgehead atoms. The summed E-state index contributed by atoms with van der Waals surface area (Å²) in [6, 6.07) is 15.5. The fourth-order valence-electron chi connectivity index (χ4n) is 3.24. The second kappa shape index (κ2) is 9.00. The molecule has 0 aliphatic carbocycles. The second-order valence-electron chi connectivity index (χ2n) is 7.01. The Morgan fingerprint density at radius 2 is 0.735 bits per heavy atom. The molecule has 0 radical (unpaired) electrons. The average Bonchev–Trinajstić information content (AvgIpc) is 3.69. The van der Waals surface area contributed by atoms with Crippen molar-refractivity contribution in [3.63, 3.8) is 0 Å². The van der Waals surface area contributed by atoms with Crippen LogP contribution in [0.1, 0.15) is 0 Å². The Hall–Kier alpha value is -4.16. The Kier molecular flexibility index (Phi) is 5.41. The van der Waals surface area contributed by atoms with Gasteiger partial charge in [-0.05, 0) is 48.5 Å². The van der Waals surface area contributed by atoms with Gasteiger partial charge in [-0.25, -0.2) is 28.7 Å². The zero-order chi connectivity index (χ0) is 22.7. The molecule has 0 amide bonds. The average molecular weight is 485 g/mol. The molecule has 12 heteroatoms. The van der Waals surface area contributed by atoms with Gasteiger partial charge in [0.15, 0.2) is 23.3 Å². The van der Waals surface area contributed by atoms with Crippen molar-refractivity contribution >= 4 is 21.6 Å². The monoisotopic (exact) mass is 484 g/mol. The van der Waals surface area contributed by atoms with Gasteiger partial charge in [-0.3, -0.25) is 0 Å². The molecule has 0 atom stereocenters. The van der Waals surface area contributed by atoms with Gasteiger partial charge in [-0.1, -0.05) is 21.6 Å². The lowest BCUT2D eigenvalue weighted by atomic mass is 10.4. The van der Waals surface area contributed by atoms with Gasteiger partial charge in [0, 0.05) is 59.4 Å². The third-order valence-corrected chi connectivity index (χ3v) is 7.08. The smallest absolute Gasteiger partial charge is 0.156 e. The quantitative estimate of drug-likeness (QED) is 0.314. The molecular weight excluding hydrogens is 468 g/mol. The van der Waals surface area contributed by atoms with Crippen LogP contribution >= 0.6 is 21.6 Å². The van der Waals surface area contributed by atoms with Crippen LogP contribution in [0.3, 0.4) is 0 Å². The highest BCUT2D eigenvalue weighted by Crippen LogP contribution is 2.39. The van der Waals surface area contributed by atoms with Crippen LogP contribution in [0.2, 0.25) is 0 Å². The molecule has 0 spiro atoms. The zero-order valence-corrected chi connectivity index (χ0v) is 19.2. The summed E-state index contributed by atoms with van der Waals surface area (Å²) < 4.78 is 6.94. The summed E-state index contributed by atoms with van der Waals surface area (Å²) in [7, 11) is 3.23. The fraction of sp³-hybridized carbons (Fsp3) is 0. The highest BCUT2D eigenvalue weighted by atomic mass is 33.1. The van der Waals surface area contributed by atoms with Gasteiger partial charge in [-0.2, -0.15) is 20.4 Å². The van der Waals surface area contributed by atoms with Gasteiger partial charge in [0.05, 0.1) is 0 Å². The van der Waals surface area contributed by atoms with Crippen LogP contribution in [-0.2, 0) is 0 Å². The van der Waals surface area contributed by atoms with E-state index in [0.717, 1.165) is 9.79 Å². The molecule has 0 aromatic carbocycles. The van der Waals surface area contributed by atoms with Crippen LogP contribution in [0.15, 0.2) is 108 Å². The first-order valence-corrected chi connectivity index (χ1v) is 12.4. The second-order valence-corrected chi connectivity index (χ2v) is 9.28. The standard InChI is InChI=1S/C22H16N10S2/c1-5-23-29(9-1)19-13-17(14-20(27-19)30-10-2-6-24-30)33-34-18-15-21(31-11-3-7-25-31)28-22(16-18)32-12-4-8-26-32/h1-16H. The molecule has 0 saturated carbocycles. The van der Waals surface area contributed by atoms with Crippen LogP contribution in [0.4, 0.5) is 0 Å². The van der Waals surface area contributed by atoms with E-state index in [-0.39, 0.29) is 0 Å². The molecule has 6 aromatic heterocycles. The summed E-state index contributed by atoms with van der Waals surface area (Å²) in [6.45, 7) is 0. The van der Waals surface area contributed by atoms with E-state index in [4.69, 9.17) is 9.97 Å². The number of hydrogen-bond donors (Lipinski definition) is 0. The topological polar surface area (TPSA) is 97.1 Å². The third-order valence-electron chi connectivity index (χ3n) is 4.73. The van der Waals surface area contributed by atoms with E-state index in [9.17, 15) is 0 Å². The summed E-state index contributed by atoms with van der Waals surface area (Å²) in [5.74, 6) is 2.85. The van der Waals surface area contributed by atoms with Crippen molar-refractivity contribution in [2.24, 2.45) is 0 Å². The molecule has 0 saturated heterocycles. The largest absolute Gasteiger partial charge is 0.223 e. The minimum Gasteiger partial charge on any atom is -0.223 e. The first-order valence-electron chi connectivity index (χ1n) is 10.2. The fourth-order valence-corrected chi connectivity index (χ4v) is 5.20. The molecule has 34 heavy (non-hydrogen) atoms. The van der Waals surface area contributed by atoms with Gasteiger partial charge >= 0.3 is 0 Å². The molecule has 166 valence electrons. The lowest BCUT2D eigenvalue weighted by Gasteiger charge is -2.10. The molecule has 0 aliphatic heterocycles. The molecule has 0 unspecified atom stereocenters. The van der Waals surface area contributed by atoms with Gasteiger partial charge in [-0.15, -0.1) is 0 Å². The van der Waals surface area contributed by atoms with Gasteiger partial charge in [0.1, 0.15) is 0 Å². The van der Waals surface area contributed by atoms with Crippen molar-refractivity contribution in [1.29, 1.82) is 0 Å². The van der Waals surface area contributed by atoms with E-state index >= 15 is 0 Å². The molecule has 0 aliphatic rings. The maximum atomic E-state index is 4.71. The van der Waals surface area contributed by atoms with E-state index in [1.807, 2.05) is 73.3 Å². The van der Waals surface area contributed by atoms with E-state index in [0.29, 0.717) is 23.3 Å². The predicted octanol–water partition coefficient (Wildman–Crippen LogP) is 4.02. The Labute approximate surface area is 201 Å². The summed E-state index contributed by atoms with van der Waals surface area (Å²) in [5, 5.41) is 17.3. The summed E-state index contributed by atoms with van der Waals surface area (Å²) in [5.41, 5.74) is 0. The van der Waals surface area contributed by atoms with Crippen LogP contribution in [0.25, 0.3) is 23.3 Å². The number of rotatable bonds is 7. The maximum Gasteiger partial charge on any atom is 0.156 e. The molecule has 6 heterocycles. The number of pyridine rings is 2. The van der Waals surface area contributed by atoms with Crippen molar-refractivity contribution in [3.05, 3.63) is 98.1 Å². The van der Waals surface area contributed by atoms with Crippen molar-refractivity contribution in [2.75, 3.05) is 0 Å². The summed E-state index contributed by atoms with van der Waals surface area (Å²) in [6.07, 6.45) is 14.4. The van der Waals surface area contributed by atoms with Gasteiger partial charge in [0.25, 0.3) is 0 Å². The summed E-state index contributed by atoms with van der Waals surface area (Å²) in [4.78, 5) is 11.4. The lowest BCUT2D eigenvalue weighted by molar-refractivity contribution is 0.797. The number of hydrogen-bond acceptors (Lipinski definition) is 8. The highest BCUT2D eigenvalue weighted by Gasteiger charge is 2.11. The minimum atomic E-state index is 0.713. The number of aromatic nitrogens is 10. The Morgan fingerprint density at radius 1 is 0.441 bits per heavy atom. The molecule has 0 N–H and O–H groups in total. The van der Waals surface area contributed by atoms with E-state index in [2.05, 4.69) is 20.4 Å². The van der Waals surface area contributed by atoms with Crippen LogP contribution in [0, 0.1) is 0 Å². The van der Waals surface area contributed by atoms with Gasteiger partial charge < -0.3 is 0 Å². The normalized spacial score (nSPS) is 11.2. The SMILES string of the molecule is c1cnn(-c2cc(SSc3cc(-n4cccn4)nc(-n4cccn4)c3)cc(-n3cccn3)n2)c1. The van der Waals surface area contributed by atoms with E-state index < -0.39 is 0 Å². The first kappa shape index (κ1) is 20.4. The molecule has 10 nitrogen and oxygen atoms in total. The Balaban J connectivity index is 1.35. The van der Waals surface area contributed by atoms with Crippen molar-refractivity contribution in [1.82, 2.24) is 49.1 Å². The van der Waals surface area contributed by atoms with Crippen molar-refractivity contribution < 1.29 is 0 Å². The van der Waals surface area contributed by atoms with Gasteiger partial charge in [0.2, 0.25) is 0 Å².